The number of rotatable bonds is 5. The molecular weight excluding hydrogens is 240 g/mol. The quantitative estimate of drug-likeness (QED) is 0.878. The van der Waals surface area contributed by atoms with Gasteiger partial charge in [-0.15, -0.1) is 0 Å². The third-order valence-electron chi connectivity index (χ3n) is 4.63. The number of aryl methyl sites for hydroxylation is 1. The molecule has 19 heavy (non-hydrogen) atoms. The highest BCUT2D eigenvalue weighted by molar-refractivity contribution is 5.31. The summed E-state index contributed by atoms with van der Waals surface area (Å²) in [6.45, 7) is 0. The second-order valence-corrected chi connectivity index (χ2v) is 5.65. The van der Waals surface area contributed by atoms with Gasteiger partial charge in [-0.3, -0.25) is 4.68 Å². The van der Waals surface area contributed by atoms with Crippen molar-refractivity contribution in [2.24, 2.45) is 7.05 Å². The lowest BCUT2D eigenvalue weighted by Gasteiger charge is -2.43. The highest BCUT2D eigenvalue weighted by Crippen LogP contribution is 2.45. The molecule has 0 amide bonds. The van der Waals surface area contributed by atoms with Crippen molar-refractivity contribution in [3.8, 4) is 5.75 Å². The molecule has 0 aromatic carbocycles. The van der Waals surface area contributed by atoms with E-state index in [1.807, 2.05) is 18.8 Å². The van der Waals surface area contributed by atoms with Crippen LogP contribution in [0, 0.1) is 0 Å². The van der Waals surface area contributed by atoms with E-state index >= 15 is 0 Å². The first kappa shape index (κ1) is 14.3. The smallest absolute Gasteiger partial charge is 0.161 e. The van der Waals surface area contributed by atoms with Crippen LogP contribution in [0.25, 0.3) is 0 Å². The van der Waals surface area contributed by atoms with E-state index in [2.05, 4.69) is 29.4 Å². The van der Waals surface area contributed by atoms with Crippen molar-refractivity contribution in [1.29, 1.82) is 0 Å². The minimum atomic E-state index is 0.149. The first-order valence-corrected chi connectivity index (χ1v) is 6.97. The molecule has 1 aromatic heterocycles. The highest BCUT2D eigenvalue weighted by Gasteiger charge is 2.45. The minimum absolute atomic E-state index is 0.149. The Kier molecular flexibility index (Phi) is 4.16. The average molecular weight is 266 g/mol. The maximum Gasteiger partial charge on any atom is 0.161 e. The molecule has 2 rings (SSSR count). The van der Waals surface area contributed by atoms with Gasteiger partial charge in [0.05, 0.1) is 25.0 Å². The van der Waals surface area contributed by atoms with Crippen molar-refractivity contribution in [3.63, 3.8) is 0 Å². The summed E-state index contributed by atoms with van der Waals surface area (Å²) < 4.78 is 7.43. The van der Waals surface area contributed by atoms with Crippen LogP contribution in [0.15, 0.2) is 6.20 Å². The van der Waals surface area contributed by atoms with E-state index < -0.39 is 0 Å². The number of likely N-dealkylation sites (N-methyl/N-ethyl adjacent to an activating group) is 2. The van der Waals surface area contributed by atoms with Crippen LogP contribution in [0.3, 0.4) is 0 Å². The summed E-state index contributed by atoms with van der Waals surface area (Å²) in [6.07, 6.45) is 6.80. The normalized spacial score (nSPS) is 19.9. The number of aromatic nitrogens is 2. The fourth-order valence-electron chi connectivity index (χ4n) is 3.55. The Morgan fingerprint density at radius 2 is 2.05 bits per heavy atom. The lowest BCUT2D eigenvalue weighted by Crippen LogP contribution is -2.51. The number of nitrogens with zero attached hydrogens (tertiary/aromatic N) is 3. The molecule has 5 heteroatoms. The maximum absolute atomic E-state index is 5.49. The van der Waals surface area contributed by atoms with Gasteiger partial charge in [0.15, 0.2) is 5.75 Å². The summed E-state index contributed by atoms with van der Waals surface area (Å²) in [5.74, 6) is 0.870. The second-order valence-electron chi connectivity index (χ2n) is 5.65. The summed E-state index contributed by atoms with van der Waals surface area (Å²) in [5.41, 5.74) is 1.29. The Labute approximate surface area is 115 Å². The second kappa shape index (κ2) is 5.51. The number of hydrogen-bond acceptors (Lipinski definition) is 4. The molecule has 1 unspecified atom stereocenters. The lowest BCUT2D eigenvalue weighted by atomic mass is 9.84. The average Bonchev–Trinajstić information content (AvgIpc) is 3.00. The first-order chi connectivity index (χ1) is 9.06. The van der Waals surface area contributed by atoms with Gasteiger partial charge in [-0.25, -0.2) is 0 Å². The Hall–Kier alpha value is -1.07. The maximum atomic E-state index is 5.49. The Bertz CT molecular complexity index is 421. The summed E-state index contributed by atoms with van der Waals surface area (Å²) in [5, 5.41) is 7.85. The van der Waals surface area contributed by atoms with Crippen LogP contribution < -0.4 is 10.1 Å². The van der Waals surface area contributed by atoms with Crippen LogP contribution in [0.1, 0.15) is 37.4 Å². The topological polar surface area (TPSA) is 42.3 Å². The molecule has 0 saturated heterocycles. The molecule has 108 valence electrons. The molecule has 1 heterocycles. The van der Waals surface area contributed by atoms with Crippen molar-refractivity contribution in [1.82, 2.24) is 20.0 Å². The molecule has 1 aliphatic carbocycles. The van der Waals surface area contributed by atoms with Crippen LogP contribution >= 0.6 is 0 Å². The standard InChI is InChI=1S/C14H26N4O/c1-15-13(12-11(19-5)10-16-18(12)4)14(17(2)3)8-6-7-9-14/h10,13,15H,6-9H2,1-5H3. The van der Waals surface area contributed by atoms with Gasteiger partial charge in [0, 0.05) is 12.6 Å². The van der Waals surface area contributed by atoms with Crippen LogP contribution in [-0.2, 0) is 7.05 Å². The Morgan fingerprint density at radius 3 is 2.53 bits per heavy atom. The van der Waals surface area contributed by atoms with E-state index in [-0.39, 0.29) is 11.6 Å². The molecule has 5 nitrogen and oxygen atoms in total. The zero-order valence-electron chi connectivity index (χ0n) is 12.7. The van der Waals surface area contributed by atoms with Crippen molar-refractivity contribution < 1.29 is 4.74 Å². The number of nitrogens with one attached hydrogen (secondary N) is 1. The van der Waals surface area contributed by atoms with Gasteiger partial charge < -0.3 is 15.0 Å². The monoisotopic (exact) mass is 266 g/mol. The van der Waals surface area contributed by atoms with Crippen LogP contribution in [0.2, 0.25) is 0 Å². The van der Waals surface area contributed by atoms with E-state index in [9.17, 15) is 0 Å². The summed E-state index contributed by atoms with van der Waals surface area (Å²) in [7, 11) is 10.1. The van der Waals surface area contributed by atoms with E-state index in [0.29, 0.717) is 0 Å². The lowest BCUT2D eigenvalue weighted by molar-refractivity contribution is 0.103. The summed E-state index contributed by atoms with van der Waals surface area (Å²) in [6, 6.07) is 0.229. The van der Waals surface area contributed by atoms with Gasteiger partial charge in [-0.2, -0.15) is 5.10 Å². The fourth-order valence-corrected chi connectivity index (χ4v) is 3.55. The van der Waals surface area contributed by atoms with Crippen molar-refractivity contribution in [2.45, 2.75) is 37.3 Å². The molecule has 0 radical (unpaired) electrons. The molecule has 0 bridgehead atoms. The van der Waals surface area contributed by atoms with Crippen LogP contribution in [-0.4, -0.2) is 48.5 Å². The SMILES string of the molecule is CNC(c1c(OC)cnn1C)C1(N(C)C)CCCC1. The molecule has 1 aliphatic rings. The number of methoxy groups -OCH3 is 1. The van der Waals surface area contributed by atoms with Gasteiger partial charge >= 0.3 is 0 Å². The fraction of sp³-hybridized carbons (Fsp3) is 0.786. The van der Waals surface area contributed by atoms with Gasteiger partial charge in [0.25, 0.3) is 0 Å². The Balaban J connectivity index is 2.45. The first-order valence-electron chi connectivity index (χ1n) is 6.97. The van der Waals surface area contributed by atoms with Crippen LogP contribution in [0.4, 0.5) is 0 Å². The Morgan fingerprint density at radius 1 is 1.42 bits per heavy atom. The number of ether oxygens (including phenoxy) is 1. The van der Waals surface area contributed by atoms with E-state index in [4.69, 9.17) is 4.74 Å². The third kappa shape index (κ3) is 2.25. The van der Waals surface area contributed by atoms with E-state index in [0.717, 1.165) is 11.4 Å². The molecule has 0 aliphatic heterocycles. The molecule has 1 saturated carbocycles. The van der Waals surface area contributed by atoms with E-state index in [1.165, 1.54) is 25.7 Å². The van der Waals surface area contributed by atoms with Crippen molar-refractivity contribution in [3.05, 3.63) is 11.9 Å². The van der Waals surface area contributed by atoms with Gasteiger partial charge in [0.1, 0.15) is 0 Å². The molecular formula is C14H26N4O. The summed E-state index contributed by atoms with van der Waals surface area (Å²) >= 11 is 0. The van der Waals surface area contributed by atoms with Crippen molar-refractivity contribution in [2.75, 3.05) is 28.3 Å². The number of hydrogen-bond donors (Lipinski definition) is 1. The third-order valence-corrected chi connectivity index (χ3v) is 4.63. The van der Waals surface area contributed by atoms with Gasteiger partial charge in [-0.05, 0) is 34.0 Å². The highest BCUT2D eigenvalue weighted by atomic mass is 16.5. The summed E-state index contributed by atoms with van der Waals surface area (Å²) in [4.78, 5) is 2.37. The van der Waals surface area contributed by atoms with Crippen molar-refractivity contribution >= 4 is 0 Å². The predicted molar refractivity (Wildman–Crippen MR) is 76.4 cm³/mol. The molecule has 0 spiro atoms. The molecule has 1 N–H and O–H groups in total. The van der Waals surface area contributed by atoms with Crippen LogP contribution in [0.5, 0.6) is 5.75 Å². The zero-order valence-corrected chi connectivity index (χ0v) is 12.7. The van der Waals surface area contributed by atoms with Gasteiger partial charge in [-0.1, -0.05) is 12.8 Å². The van der Waals surface area contributed by atoms with Gasteiger partial charge in [0.2, 0.25) is 0 Å². The predicted octanol–water partition coefficient (Wildman–Crippen LogP) is 1.56. The molecule has 1 fully saturated rings. The van der Waals surface area contributed by atoms with E-state index in [1.54, 1.807) is 13.3 Å². The minimum Gasteiger partial charge on any atom is -0.493 e. The largest absolute Gasteiger partial charge is 0.493 e. The molecule has 1 aromatic rings. The zero-order chi connectivity index (χ0) is 14.0. The molecule has 1 atom stereocenters.